The quantitative estimate of drug-likeness (QED) is 0.519. The van der Waals surface area contributed by atoms with Gasteiger partial charge in [0.05, 0.1) is 29.2 Å². The summed E-state index contributed by atoms with van der Waals surface area (Å²) in [5.41, 5.74) is 0. The topological polar surface area (TPSA) is 87.2 Å². The molecule has 1 spiro atoms. The highest BCUT2D eigenvalue weighted by atomic mass is 32.2. The molecule has 4 heterocycles. The summed E-state index contributed by atoms with van der Waals surface area (Å²) in [4.78, 5) is 43.8. The number of thioether (sulfide) groups is 1. The molecular formula is C22H30N2O5S. The second kappa shape index (κ2) is 8.04. The fraction of sp³-hybridized carbons (Fsp3) is 0.682. The number of carbonyl (C=O) groups excluding carboxylic acids is 3. The van der Waals surface area contributed by atoms with E-state index in [0.717, 1.165) is 12.8 Å². The average Bonchev–Trinajstić information content (AvgIpc) is 3.02. The number of esters is 1. The van der Waals surface area contributed by atoms with Crippen LogP contribution in [-0.4, -0.2) is 80.6 Å². The zero-order chi connectivity index (χ0) is 21.6. The third-order valence-corrected chi connectivity index (χ3v) is 8.60. The van der Waals surface area contributed by atoms with E-state index in [0.29, 0.717) is 6.54 Å². The number of aliphatic hydroxyl groups excluding tert-OH is 1. The molecule has 0 aromatic carbocycles. The Morgan fingerprint density at radius 1 is 1.23 bits per heavy atom. The zero-order valence-electron chi connectivity index (χ0n) is 17.7. The van der Waals surface area contributed by atoms with Crippen LogP contribution in [-0.2, 0) is 19.1 Å². The summed E-state index contributed by atoms with van der Waals surface area (Å²) in [6, 6.07) is -1.21. The minimum absolute atomic E-state index is 0.0458. The molecule has 2 saturated heterocycles. The van der Waals surface area contributed by atoms with Crippen LogP contribution in [0.1, 0.15) is 33.6 Å². The smallest absolute Gasteiger partial charge is 0.311 e. The van der Waals surface area contributed by atoms with Gasteiger partial charge in [-0.1, -0.05) is 37.6 Å². The number of rotatable bonds is 5. The number of fused-ring (bicyclic) bond motifs is 2. The summed E-state index contributed by atoms with van der Waals surface area (Å²) in [5, 5.41) is 9.65. The standard InChI is InChI=1S/C22H30N2O5S/c1-4-7-13(2)23-10-6-9-22-17(16-15(30-22)8-5-11-29-21(16)28)19(26)24(14(3)12-25)18(22)20(23)27/h5-6,8-9,13-18,25H,4,7,10-12H2,1-3H3/t13?,14-,15+,16-,17+,18?,22+/m1/s1. The Morgan fingerprint density at radius 3 is 2.70 bits per heavy atom. The van der Waals surface area contributed by atoms with E-state index in [9.17, 15) is 19.5 Å². The van der Waals surface area contributed by atoms with Crippen LogP contribution < -0.4 is 0 Å². The summed E-state index contributed by atoms with van der Waals surface area (Å²) in [6.07, 6.45) is 9.56. The number of aliphatic hydroxyl groups is 1. The molecule has 0 aliphatic carbocycles. The number of hydrogen-bond donors (Lipinski definition) is 1. The molecule has 4 aliphatic rings. The van der Waals surface area contributed by atoms with Gasteiger partial charge in [0.25, 0.3) is 0 Å². The second-order valence-corrected chi connectivity index (χ2v) is 10.2. The van der Waals surface area contributed by atoms with Crippen LogP contribution in [0.15, 0.2) is 24.3 Å². The lowest BCUT2D eigenvalue weighted by molar-refractivity contribution is -0.152. The highest BCUT2D eigenvalue weighted by molar-refractivity contribution is 8.02. The molecule has 0 bridgehead atoms. The minimum atomic E-state index is -0.839. The monoisotopic (exact) mass is 434 g/mol. The van der Waals surface area contributed by atoms with Gasteiger partial charge in [0.15, 0.2) is 0 Å². The van der Waals surface area contributed by atoms with Crippen LogP contribution in [0.2, 0.25) is 0 Å². The predicted molar refractivity (Wildman–Crippen MR) is 114 cm³/mol. The molecule has 4 aliphatic heterocycles. The molecule has 164 valence electrons. The van der Waals surface area contributed by atoms with Crippen molar-refractivity contribution in [2.24, 2.45) is 11.8 Å². The van der Waals surface area contributed by atoms with Crippen molar-refractivity contribution in [2.45, 2.75) is 61.7 Å². The predicted octanol–water partition coefficient (Wildman–Crippen LogP) is 1.36. The van der Waals surface area contributed by atoms with Crippen LogP contribution in [0.4, 0.5) is 0 Å². The van der Waals surface area contributed by atoms with E-state index in [-0.39, 0.29) is 42.3 Å². The van der Waals surface area contributed by atoms with E-state index in [1.54, 1.807) is 11.8 Å². The molecule has 4 rings (SSSR count). The third kappa shape index (κ3) is 3.02. The van der Waals surface area contributed by atoms with Crippen molar-refractivity contribution in [3.63, 3.8) is 0 Å². The van der Waals surface area contributed by atoms with E-state index in [1.165, 1.54) is 11.8 Å². The molecule has 2 amide bonds. The average molecular weight is 435 g/mol. The number of likely N-dealkylation sites (tertiary alicyclic amines) is 1. The molecule has 30 heavy (non-hydrogen) atoms. The van der Waals surface area contributed by atoms with Crippen molar-refractivity contribution in [1.82, 2.24) is 9.80 Å². The van der Waals surface area contributed by atoms with E-state index >= 15 is 0 Å². The van der Waals surface area contributed by atoms with Gasteiger partial charge >= 0.3 is 5.97 Å². The first-order valence-corrected chi connectivity index (χ1v) is 11.7. The van der Waals surface area contributed by atoms with Crippen molar-refractivity contribution in [3.05, 3.63) is 24.3 Å². The van der Waals surface area contributed by atoms with E-state index in [4.69, 9.17) is 4.74 Å². The molecule has 8 heteroatoms. The van der Waals surface area contributed by atoms with Crippen molar-refractivity contribution >= 4 is 29.5 Å². The Morgan fingerprint density at radius 2 is 2.00 bits per heavy atom. The van der Waals surface area contributed by atoms with Gasteiger partial charge in [-0.05, 0) is 20.3 Å². The molecule has 0 saturated carbocycles. The molecule has 0 radical (unpaired) electrons. The van der Waals surface area contributed by atoms with Gasteiger partial charge in [-0.15, -0.1) is 11.8 Å². The van der Waals surface area contributed by atoms with E-state index in [1.807, 2.05) is 36.1 Å². The summed E-state index contributed by atoms with van der Waals surface area (Å²) >= 11 is 1.53. The Balaban J connectivity index is 1.83. The first-order valence-electron chi connectivity index (χ1n) is 10.8. The fourth-order valence-corrected chi connectivity index (χ4v) is 7.45. The third-order valence-electron chi connectivity index (χ3n) is 6.86. The molecule has 2 fully saturated rings. The first kappa shape index (κ1) is 21.4. The van der Waals surface area contributed by atoms with Crippen LogP contribution in [0, 0.1) is 11.8 Å². The number of amides is 2. The molecular weight excluding hydrogens is 404 g/mol. The normalized spacial score (nSPS) is 37.3. The van der Waals surface area contributed by atoms with Gasteiger partial charge in [0.2, 0.25) is 11.8 Å². The number of nitrogens with zero attached hydrogens (tertiary/aromatic N) is 2. The number of cyclic esters (lactones) is 1. The Hall–Kier alpha value is -1.80. The van der Waals surface area contributed by atoms with Crippen molar-refractivity contribution in [2.75, 3.05) is 19.8 Å². The van der Waals surface area contributed by atoms with E-state index in [2.05, 4.69) is 6.92 Å². The molecule has 0 aromatic heterocycles. The molecule has 2 unspecified atom stereocenters. The SMILES string of the molecule is CCCC(C)N1CC=C[C@]23S[C@H]4C=CCOC(=O)[C@H]4[C@H]2C(=O)N([C@H](C)CO)C3C1=O. The molecule has 7 atom stereocenters. The first-order chi connectivity index (χ1) is 14.4. The molecule has 0 aromatic rings. The minimum Gasteiger partial charge on any atom is -0.461 e. The lowest BCUT2D eigenvalue weighted by Gasteiger charge is -2.39. The summed E-state index contributed by atoms with van der Waals surface area (Å²) in [5.74, 6) is -2.03. The number of carbonyl (C=O) groups is 3. The highest BCUT2D eigenvalue weighted by Gasteiger charge is 2.71. The largest absolute Gasteiger partial charge is 0.461 e. The molecule has 7 nitrogen and oxygen atoms in total. The van der Waals surface area contributed by atoms with Gasteiger partial charge in [-0.2, -0.15) is 0 Å². The Labute approximate surface area is 181 Å². The van der Waals surface area contributed by atoms with Crippen molar-refractivity contribution in [3.8, 4) is 0 Å². The van der Waals surface area contributed by atoms with Gasteiger partial charge in [-0.25, -0.2) is 0 Å². The zero-order valence-corrected chi connectivity index (χ0v) is 18.5. The maximum Gasteiger partial charge on any atom is 0.311 e. The lowest BCUT2D eigenvalue weighted by Crippen LogP contribution is -2.57. The maximum atomic E-state index is 13.9. The number of ether oxygens (including phenoxy) is 1. The van der Waals surface area contributed by atoms with Crippen molar-refractivity contribution < 1.29 is 24.2 Å². The van der Waals surface area contributed by atoms with Gasteiger partial charge in [-0.3, -0.25) is 14.4 Å². The van der Waals surface area contributed by atoms with Crippen LogP contribution >= 0.6 is 11.8 Å². The Kier molecular flexibility index (Phi) is 5.74. The summed E-state index contributed by atoms with van der Waals surface area (Å²) in [6.45, 7) is 6.32. The highest BCUT2D eigenvalue weighted by Crippen LogP contribution is 2.61. The summed E-state index contributed by atoms with van der Waals surface area (Å²) < 4.78 is 4.50. The lowest BCUT2D eigenvalue weighted by atomic mass is 9.78. The molecule has 1 N–H and O–H groups in total. The van der Waals surface area contributed by atoms with E-state index < -0.39 is 28.7 Å². The second-order valence-electron chi connectivity index (χ2n) is 8.71. The van der Waals surface area contributed by atoms with Crippen LogP contribution in [0.3, 0.4) is 0 Å². The van der Waals surface area contributed by atoms with Crippen molar-refractivity contribution in [1.29, 1.82) is 0 Å². The van der Waals surface area contributed by atoms with Crippen LogP contribution in [0.25, 0.3) is 0 Å². The van der Waals surface area contributed by atoms with Gasteiger partial charge in [0.1, 0.15) is 12.6 Å². The Bertz CT molecular complexity index is 798. The van der Waals surface area contributed by atoms with Gasteiger partial charge in [0, 0.05) is 17.8 Å². The van der Waals surface area contributed by atoms with Gasteiger partial charge < -0.3 is 19.6 Å². The maximum absolute atomic E-state index is 13.9. The summed E-state index contributed by atoms with van der Waals surface area (Å²) in [7, 11) is 0. The number of hydrogen-bond acceptors (Lipinski definition) is 6. The van der Waals surface area contributed by atoms with Crippen LogP contribution in [0.5, 0.6) is 0 Å². The fourth-order valence-electron chi connectivity index (χ4n) is 5.46.